The average Bonchev–Trinajstić information content (AvgIpc) is 3.24. The number of β-lactam (4-membered cyclic amide) rings is 1. The van der Waals surface area contributed by atoms with E-state index in [1.54, 1.807) is 24.1 Å². The lowest BCUT2D eigenvalue weighted by molar-refractivity contribution is -0.148. The van der Waals surface area contributed by atoms with Crippen LogP contribution in [0.2, 0.25) is 0 Å². The second kappa shape index (κ2) is 23.8. The molecule has 0 aliphatic carbocycles. The van der Waals surface area contributed by atoms with Crippen molar-refractivity contribution in [1.29, 1.82) is 0 Å². The van der Waals surface area contributed by atoms with E-state index in [1.165, 1.54) is 12.1 Å². The predicted octanol–water partition coefficient (Wildman–Crippen LogP) is 4.12. The summed E-state index contributed by atoms with van der Waals surface area (Å²) in [6, 6.07) is 20.7. The summed E-state index contributed by atoms with van der Waals surface area (Å²) in [6.07, 6.45) is 1.59. The van der Waals surface area contributed by atoms with E-state index in [9.17, 15) is 44.3 Å². The van der Waals surface area contributed by atoms with Gasteiger partial charge in [0, 0.05) is 25.2 Å². The quantitative estimate of drug-likeness (QED) is 0.0430. The second-order valence-corrected chi connectivity index (χ2v) is 15.0. The fraction of sp³-hybridized carbons (Fsp3) is 0.523. The van der Waals surface area contributed by atoms with Gasteiger partial charge in [0.1, 0.15) is 29.9 Å². The van der Waals surface area contributed by atoms with E-state index in [-0.39, 0.29) is 29.6 Å². The molecule has 0 spiro atoms. The number of carbonyl (C=O) groups is 3. The molecule has 0 aromatic heterocycles. The van der Waals surface area contributed by atoms with Crippen LogP contribution in [-0.2, 0) is 20.9 Å². The third kappa shape index (κ3) is 13.6. The largest absolute Gasteiger partial charge is 0.497 e. The number of benzene rings is 3. The molecule has 13 nitrogen and oxygen atoms in total. The Morgan fingerprint density at radius 3 is 1.98 bits per heavy atom. The topological polar surface area (TPSA) is 209 Å². The van der Waals surface area contributed by atoms with Crippen LogP contribution in [-0.4, -0.2) is 93.0 Å². The molecule has 8 N–H and O–H groups in total. The number of rotatable bonds is 26. The number of methoxy groups -OCH3 is 1. The van der Waals surface area contributed by atoms with Crippen molar-refractivity contribution in [3.05, 3.63) is 95.3 Å². The van der Waals surface area contributed by atoms with Crippen LogP contribution in [0.5, 0.6) is 5.75 Å². The van der Waals surface area contributed by atoms with Gasteiger partial charge in [-0.15, -0.1) is 0 Å². The highest BCUT2D eigenvalue weighted by Crippen LogP contribution is 2.46. The molecule has 0 saturated carbocycles. The van der Waals surface area contributed by atoms with Gasteiger partial charge >= 0.3 is 0 Å². The number of hydrogen-bond acceptors (Lipinski definition) is 10. The summed E-state index contributed by atoms with van der Waals surface area (Å²) in [7, 11) is 1.60. The van der Waals surface area contributed by atoms with E-state index in [0.717, 1.165) is 68.2 Å². The zero-order valence-corrected chi connectivity index (χ0v) is 33.2. The molecule has 1 saturated heterocycles. The molecule has 1 heterocycles. The van der Waals surface area contributed by atoms with Gasteiger partial charge in [0.05, 0.1) is 31.8 Å². The van der Waals surface area contributed by atoms with Gasteiger partial charge in [0.2, 0.25) is 11.8 Å². The molecule has 14 heteroatoms. The number of nitrogens with one attached hydrogen (secondary N) is 2. The van der Waals surface area contributed by atoms with E-state index in [4.69, 9.17) is 9.84 Å². The number of nitrogens with zero attached hydrogens (tertiary/aromatic N) is 1. The van der Waals surface area contributed by atoms with Crippen molar-refractivity contribution in [3.63, 3.8) is 0 Å². The van der Waals surface area contributed by atoms with E-state index in [2.05, 4.69) is 10.6 Å². The minimum atomic E-state index is -1.92. The zero-order valence-electron chi connectivity index (χ0n) is 33.2. The lowest BCUT2D eigenvalue weighted by atomic mass is 9.78. The predicted molar refractivity (Wildman–Crippen MR) is 216 cm³/mol. The van der Waals surface area contributed by atoms with Crippen LogP contribution in [0.15, 0.2) is 72.8 Å². The van der Waals surface area contributed by atoms with Crippen molar-refractivity contribution < 1.29 is 54.2 Å². The highest BCUT2D eigenvalue weighted by Gasteiger charge is 2.48. The summed E-state index contributed by atoms with van der Waals surface area (Å²) in [5, 5.41) is 63.7. The zero-order chi connectivity index (χ0) is 42.0. The SMILES string of the molecule is COc1ccc([C@@H]2[C@@H](CC[C@H](O)c3ccc(F)cc3)C(=O)N2c2ccc(CNC(=O)CCCCCCCCCCCNC(=O)[C@H](O)[C@@H](O)[C@H](O)[C@H](O)CO)cc2)cc1. The third-order valence-corrected chi connectivity index (χ3v) is 10.8. The van der Waals surface area contributed by atoms with Gasteiger partial charge in [0.25, 0.3) is 5.91 Å². The van der Waals surface area contributed by atoms with Gasteiger partial charge in [-0.05, 0) is 78.8 Å². The Kier molecular flexibility index (Phi) is 19.0. The Bertz CT molecular complexity index is 1700. The molecular weight excluding hydrogens is 749 g/mol. The van der Waals surface area contributed by atoms with Gasteiger partial charge in [-0.1, -0.05) is 81.3 Å². The van der Waals surface area contributed by atoms with Crippen LogP contribution in [0.25, 0.3) is 0 Å². The molecule has 7 atom stereocenters. The fourth-order valence-corrected chi connectivity index (χ4v) is 7.19. The van der Waals surface area contributed by atoms with Crippen LogP contribution in [0.1, 0.15) is 106 Å². The lowest BCUT2D eigenvalue weighted by Gasteiger charge is -2.48. The number of anilines is 1. The van der Waals surface area contributed by atoms with E-state index >= 15 is 0 Å². The van der Waals surface area contributed by atoms with E-state index in [1.807, 2.05) is 48.5 Å². The number of aliphatic hydroxyl groups is 6. The highest BCUT2D eigenvalue weighted by molar-refractivity contribution is 6.03. The van der Waals surface area contributed by atoms with E-state index in [0.29, 0.717) is 50.1 Å². The lowest BCUT2D eigenvalue weighted by Crippen LogP contribution is -2.55. The fourth-order valence-electron chi connectivity index (χ4n) is 7.19. The van der Waals surface area contributed by atoms with Crippen molar-refractivity contribution in [2.45, 2.75) is 120 Å². The summed E-state index contributed by atoms with van der Waals surface area (Å²) in [6.45, 7) is -0.136. The Balaban J connectivity index is 1.10. The Morgan fingerprint density at radius 2 is 1.38 bits per heavy atom. The minimum Gasteiger partial charge on any atom is -0.497 e. The molecule has 1 aliphatic rings. The second-order valence-electron chi connectivity index (χ2n) is 15.0. The number of amides is 3. The summed E-state index contributed by atoms with van der Waals surface area (Å²) >= 11 is 0. The smallest absolute Gasteiger partial charge is 0.251 e. The summed E-state index contributed by atoms with van der Waals surface area (Å²) in [5.74, 6) is -0.911. The van der Waals surface area contributed by atoms with E-state index < -0.39 is 43.0 Å². The van der Waals surface area contributed by atoms with Crippen molar-refractivity contribution >= 4 is 23.4 Å². The molecule has 0 unspecified atom stereocenters. The van der Waals surface area contributed by atoms with Crippen molar-refractivity contribution in [3.8, 4) is 5.75 Å². The number of aliphatic hydroxyl groups excluding tert-OH is 6. The number of ether oxygens (including phenoxy) is 1. The maximum atomic E-state index is 13.6. The first-order valence-electron chi connectivity index (χ1n) is 20.3. The Morgan fingerprint density at radius 1 is 0.776 bits per heavy atom. The molecule has 1 aliphatic heterocycles. The first-order chi connectivity index (χ1) is 27.9. The average molecular weight is 810 g/mol. The standard InChI is InChI=1S/C44H60FN3O10/c1-58-34-22-16-31(17-23-34)39-35(24-25-36(50)30-14-18-32(45)19-15-30)44(57)48(39)33-20-12-29(13-21-33)27-47-38(52)11-9-7-5-3-2-4-6-8-10-26-46-43(56)42(55)41(54)40(53)37(51)28-49/h12-23,35-37,39-42,49-51,53-55H,2-11,24-28H2,1H3,(H,46,56)(H,47,52)/t35-,36+,37-,39-,40-,41+,42-/m1/s1. The van der Waals surface area contributed by atoms with Crippen molar-refractivity contribution in [2.24, 2.45) is 5.92 Å². The first-order valence-corrected chi connectivity index (χ1v) is 20.3. The molecule has 318 valence electrons. The monoisotopic (exact) mass is 809 g/mol. The van der Waals surface area contributed by atoms with Crippen LogP contribution in [0.3, 0.4) is 0 Å². The minimum absolute atomic E-state index is 0.0136. The molecule has 3 aromatic carbocycles. The molecule has 58 heavy (non-hydrogen) atoms. The van der Waals surface area contributed by atoms with Crippen molar-refractivity contribution in [1.82, 2.24) is 10.6 Å². The molecular formula is C44H60FN3O10. The molecule has 1 fully saturated rings. The summed E-state index contributed by atoms with van der Waals surface area (Å²) < 4.78 is 18.7. The summed E-state index contributed by atoms with van der Waals surface area (Å²) in [4.78, 5) is 39.8. The summed E-state index contributed by atoms with van der Waals surface area (Å²) in [5.41, 5.74) is 3.22. The molecule has 3 amide bonds. The van der Waals surface area contributed by atoms with Crippen LogP contribution in [0, 0.1) is 11.7 Å². The van der Waals surface area contributed by atoms with Crippen LogP contribution >= 0.6 is 0 Å². The third-order valence-electron chi connectivity index (χ3n) is 10.8. The molecule has 0 bridgehead atoms. The van der Waals surface area contributed by atoms with Gasteiger partial charge in [-0.2, -0.15) is 0 Å². The van der Waals surface area contributed by atoms with Crippen LogP contribution < -0.4 is 20.3 Å². The van der Waals surface area contributed by atoms with Gasteiger partial charge < -0.3 is 50.9 Å². The number of carbonyl (C=O) groups excluding carboxylic acids is 3. The number of unbranched alkanes of at least 4 members (excludes halogenated alkanes) is 8. The molecule has 3 aromatic rings. The van der Waals surface area contributed by atoms with Crippen molar-refractivity contribution in [2.75, 3.05) is 25.2 Å². The van der Waals surface area contributed by atoms with Gasteiger partial charge in [0.15, 0.2) is 6.10 Å². The molecule has 4 rings (SSSR count). The number of hydrogen-bond donors (Lipinski definition) is 8. The Hall–Kier alpha value is -4.44. The van der Waals surface area contributed by atoms with Crippen LogP contribution in [0.4, 0.5) is 10.1 Å². The number of halogens is 1. The van der Waals surface area contributed by atoms with Gasteiger partial charge in [-0.25, -0.2) is 4.39 Å². The Labute approximate surface area is 339 Å². The normalized spacial score (nSPS) is 17.8. The maximum absolute atomic E-state index is 13.6. The molecule has 0 radical (unpaired) electrons. The van der Waals surface area contributed by atoms with Gasteiger partial charge in [-0.3, -0.25) is 14.4 Å². The highest BCUT2D eigenvalue weighted by atomic mass is 19.1. The maximum Gasteiger partial charge on any atom is 0.251 e. The first kappa shape index (κ1) is 46.3.